The number of hydrogen-bond donors (Lipinski definition) is 1. The van der Waals surface area contributed by atoms with Gasteiger partial charge in [0.15, 0.2) is 0 Å². The van der Waals surface area contributed by atoms with E-state index in [1.807, 2.05) is 30.3 Å². The second-order valence-corrected chi connectivity index (χ2v) is 8.90. The van der Waals surface area contributed by atoms with Crippen molar-refractivity contribution in [3.63, 3.8) is 0 Å². The summed E-state index contributed by atoms with van der Waals surface area (Å²) in [5.74, 6) is 1.41. The van der Waals surface area contributed by atoms with E-state index in [0.29, 0.717) is 26.3 Å². The fraction of sp³-hybridized carbons (Fsp3) is 0.120. The van der Waals surface area contributed by atoms with Gasteiger partial charge in [-0.15, -0.1) is 0 Å². The first-order chi connectivity index (χ1) is 15.9. The van der Waals surface area contributed by atoms with Crippen LogP contribution in [0.4, 0.5) is 17.2 Å². The third-order valence-electron chi connectivity index (χ3n) is 5.64. The lowest BCUT2D eigenvalue weighted by atomic mass is 10.1. The van der Waals surface area contributed by atoms with Gasteiger partial charge in [0.2, 0.25) is 0 Å². The van der Waals surface area contributed by atoms with Crippen molar-refractivity contribution in [2.24, 2.45) is 0 Å². The number of halogens is 3. The number of pyridine rings is 1. The van der Waals surface area contributed by atoms with E-state index in [4.69, 9.17) is 44.5 Å². The van der Waals surface area contributed by atoms with Crippen molar-refractivity contribution in [2.75, 3.05) is 23.9 Å². The molecule has 1 amide bonds. The molecule has 1 N–H and O–H groups in total. The molecule has 166 valence electrons. The number of rotatable bonds is 4. The number of carbonyl (C=O) groups excluding carboxylic acids is 1. The molecule has 0 spiro atoms. The molecule has 33 heavy (non-hydrogen) atoms. The van der Waals surface area contributed by atoms with E-state index in [-0.39, 0.29) is 5.91 Å². The summed E-state index contributed by atoms with van der Waals surface area (Å²) >= 11 is 18.2. The maximum atomic E-state index is 12.7. The minimum absolute atomic E-state index is 0.292. The summed E-state index contributed by atoms with van der Waals surface area (Å²) in [5, 5.41) is 4.83. The maximum Gasteiger partial charge on any atom is 0.255 e. The summed E-state index contributed by atoms with van der Waals surface area (Å²) in [7, 11) is 1.65. The third-order valence-corrected chi connectivity index (χ3v) is 6.68. The van der Waals surface area contributed by atoms with Crippen LogP contribution in [-0.2, 0) is 6.42 Å². The Morgan fingerprint density at radius 3 is 2.48 bits per heavy atom. The van der Waals surface area contributed by atoms with Crippen molar-refractivity contribution < 1.29 is 9.53 Å². The SMILES string of the molecule is COc1ccc2cc3c(nc2c1)N(c1ccc(C(=O)Nc2cc(Cl)c(Cl)cc2Cl)cc1)CC3. The molecular formula is C25H18Cl3N3O2. The Morgan fingerprint density at radius 2 is 1.73 bits per heavy atom. The second kappa shape index (κ2) is 8.75. The topological polar surface area (TPSA) is 54.5 Å². The fourth-order valence-corrected chi connectivity index (χ4v) is 4.51. The van der Waals surface area contributed by atoms with Crippen molar-refractivity contribution in [3.8, 4) is 5.75 Å². The molecule has 8 heteroatoms. The second-order valence-electron chi connectivity index (χ2n) is 7.68. The molecule has 0 radical (unpaired) electrons. The lowest BCUT2D eigenvalue weighted by Gasteiger charge is -2.19. The number of aromatic nitrogens is 1. The first kappa shape index (κ1) is 21.8. The van der Waals surface area contributed by atoms with Gasteiger partial charge in [-0.3, -0.25) is 4.79 Å². The number of hydrogen-bond acceptors (Lipinski definition) is 4. The first-order valence-electron chi connectivity index (χ1n) is 10.2. The van der Waals surface area contributed by atoms with Crippen LogP contribution >= 0.6 is 34.8 Å². The van der Waals surface area contributed by atoms with Crippen LogP contribution in [0.25, 0.3) is 10.9 Å². The van der Waals surface area contributed by atoms with Crippen LogP contribution in [0, 0.1) is 0 Å². The van der Waals surface area contributed by atoms with E-state index in [1.165, 1.54) is 17.7 Å². The van der Waals surface area contributed by atoms with Crippen LogP contribution in [0.15, 0.2) is 60.7 Å². The Kier molecular flexibility index (Phi) is 5.79. The normalized spacial score (nSPS) is 12.7. The zero-order valence-electron chi connectivity index (χ0n) is 17.5. The molecule has 5 rings (SSSR count). The minimum Gasteiger partial charge on any atom is -0.497 e. The van der Waals surface area contributed by atoms with Crippen molar-refractivity contribution >= 4 is 68.8 Å². The van der Waals surface area contributed by atoms with Crippen LogP contribution in [-0.4, -0.2) is 24.5 Å². The summed E-state index contributed by atoms with van der Waals surface area (Å²) in [4.78, 5) is 19.8. The molecule has 1 aliphatic heterocycles. The first-order valence-corrected chi connectivity index (χ1v) is 11.4. The molecule has 1 aliphatic rings. The zero-order chi connectivity index (χ0) is 23.1. The van der Waals surface area contributed by atoms with Crippen LogP contribution in [0.5, 0.6) is 5.75 Å². The van der Waals surface area contributed by atoms with Gasteiger partial charge < -0.3 is 15.0 Å². The Balaban J connectivity index is 1.39. The molecule has 2 heterocycles. The van der Waals surface area contributed by atoms with Crippen LogP contribution in [0.2, 0.25) is 15.1 Å². The average Bonchev–Trinajstić information content (AvgIpc) is 3.23. The number of fused-ring (bicyclic) bond motifs is 2. The summed E-state index contributed by atoms with van der Waals surface area (Å²) in [5.41, 5.74) is 3.95. The Bertz CT molecular complexity index is 1390. The fourth-order valence-electron chi connectivity index (χ4n) is 3.92. The van der Waals surface area contributed by atoms with E-state index in [0.717, 1.165) is 41.1 Å². The largest absolute Gasteiger partial charge is 0.497 e. The number of nitrogens with one attached hydrogen (secondary N) is 1. The standard InChI is InChI=1S/C25H18Cl3N3O2/c1-33-18-7-4-15-10-16-8-9-31(24(16)29-22(15)11-18)17-5-2-14(3-6-17)25(32)30-23-13-20(27)19(26)12-21(23)28/h2-7,10-13H,8-9H2,1H3,(H,30,32). The highest BCUT2D eigenvalue weighted by Crippen LogP contribution is 2.36. The number of anilines is 3. The van der Waals surface area contributed by atoms with E-state index < -0.39 is 0 Å². The number of amides is 1. The lowest BCUT2D eigenvalue weighted by Crippen LogP contribution is -2.15. The van der Waals surface area contributed by atoms with Gasteiger partial charge in [-0.2, -0.15) is 0 Å². The highest BCUT2D eigenvalue weighted by Gasteiger charge is 2.23. The molecule has 0 bridgehead atoms. The molecule has 0 saturated carbocycles. The Morgan fingerprint density at radius 1 is 0.970 bits per heavy atom. The van der Waals surface area contributed by atoms with Crippen LogP contribution in [0.1, 0.15) is 15.9 Å². The van der Waals surface area contributed by atoms with Crippen molar-refractivity contribution in [3.05, 3.63) is 86.9 Å². The molecule has 0 saturated heterocycles. The number of methoxy groups -OCH3 is 1. The van der Waals surface area contributed by atoms with Gasteiger partial charge in [-0.25, -0.2) is 4.98 Å². The van der Waals surface area contributed by atoms with E-state index in [2.05, 4.69) is 16.3 Å². The molecule has 0 fully saturated rings. The summed E-state index contributed by atoms with van der Waals surface area (Å²) in [6.07, 6.45) is 0.905. The van der Waals surface area contributed by atoms with E-state index >= 15 is 0 Å². The van der Waals surface area contributed by atoms with Gasteiger partial charge in [0, 0.05) is 29.2 Å². The maximum absolute atomic E-state index is 12.7. The number of carbonyl (C=O) groups is 1. The van der Waals surface area contributed by atoms with Crippen molar-refractivity contribution in [1.82, 2.24) is 4.98 Å². The monoisotopic (exact) mass is 497 g/mol. The van der Waals surface area contributed by atoms with Crippen molar-refractivity contribution in [2.45, 2.75) is 6.42 Å². The number of ether oxygens (including phenoxy) is 1. The predicted molar refractivity (Wildman–Crippen MR) is 135 cm³/mol. The van der Waals surface area contributed by atoms with E-state index in [9.17, 15) is 4.79 Å². The summed E-state index contributed by atoms with van der Waals surface area (Å²) in [6.45, 7) is 0.820. The zero-order valence-corrected chi connectivity index (χ0v) is 19.8. The van der Waals surface area contributed by atoms with Gasteiger partial charge >= 0.3 is 0 Å². The molecule has 0 atom stereocenters. The average molecular weight is 499 g/mol. The highest BCUT2D eigenvalue weighted by molar-refractivity contribution is 6.44. The van der Waals surface area contributed by atoms with Gasteiger partial charge in [0.1, 0.15) is 11.6 Å². The molecule has 1 aromatic heterocycles. The van der Waals surface area contributed by atoms with Gasteiger partial charge in [-0.05, 0) is 66.6 Å². The molecule has 0 unspecified atom stereocenters. The third kappa shape index (κ3) is 4.20. The lowest BCUT2D eigenvalue weighted by molar-refractivity contribution is 0.102. The summed E-state index contributed by atoms with van der Waals surface area (Å²) < 4.78 is 5.34. The molecule has 5 nitrogen and oxygen atoms in total. The smallest absolute Gasteiger partial charge is 0.255 e. The van der Waals surface area contributed by atoms with Crippen LogP contribution in [0.3, 0.4) is 0 Å². The Labute approximate surface area is 205 Å². The number of nitrogens with zero attached hydrogens (tertiary/aromatic N) is 2. The Hall–Kier alpha value is -2.99. The van der Waals surface area contributed by atoms with Crippen molar-refractivity contribution in [1.29, 1.82) is 0 Å². The molecule has 3 aromatic carbocycles. The minimum atomic E-state index is -0.292. The highest BCUT2D eigenvalue weighted by atomic mass is 35.5. The van der Waals surface area contributed by atoms with E-state index in [1.54, 1.807) is 19.2 Å². The quantitative estimate of drug-likeness (QED) is 0.304. The van der Waals surface area contributed by atoms with Gasteiger partial charge in [-0.1, -0.05) is 34.8 Å². The number of benzene rings is 3. The van der Waals surface area contributed by atoms with Gasteiger partial charge in [0.05, 0.1) is 33.4 Å². The summed E-state index contributed by atoms with van der Waals surface area (Å²) in [6, 6.07) is 18.5. The predicted octanol–water partition coefficient (Wildman–Crippen LogP) is 7.15. The molecular weight excluding hydrogens is 481 g/mol. The van der Waals surface area contributed by atoms with Gasteiger partial charge in [0.25, 0.3) is 5.91 Å². The molecule has 4 aromatic rings. The molecule has 0 aliphatic carbocycles. The van der Waals surface area contributed by atoms with Crippen LogP contribution < -0.4 is 15.0 Å².